The third-order valence-corrected chi connectivity index (χ3v) is 3.60. The highest BCUT2D eigenvalue weighted by Crippen LogP contribution is 2.13. The lowest BCUT2D eigenvalue weighted by molar-refractivity contribution is -0.122. The predicted octanol–water partition coefficient (Wildman–Crippen LogP) is 2.16. The Labute approximate surface area is 147 Å². The van der Waals surface area contributed by atoms with Crippen molar-refractivity contribution in [3.8, 4) is 5.75 Å². The summed E-state index contributed by atoms with van der Waals surface area (Å²) in [7, 11) is 1.46. The van der Waals surface area contributed by atoms with E-state index in [4.69, 9.17) is 4.74 Å². The van der Waals surface area contributed by atoms with E-state index >= 15 is 0 Å². The van der Waals surface area contributed by atoms with Gasteiger partial charge < -0.3 is 10.1 Å². The summed E-state index contributed by atoms with van der Waals surface area (Å²) >= 11 is 0. The molecule has 2 aromatic rings. The Morgan fingerprint density at radius 3 is 2.36 bits per heavy atom. The topological polar surface area (TPSA) is 79.5 Å². The zero-order valence-corrected chi connectivity index (χ0v) is 14.4. The molecule has 0 radical (unpaired) electrons. The van der Waals surface area contributed by atoms with Crippen LogP contribution in [0, 0.1) is 6.92 Å². The van der Waals surface area contributed by atoms with Crippen LogP contribution in [0.4, 0.5) is 4.79 Å². The number of benzene rings is 2. The molecule has 1 atom stereocenters. The standard InChI is InChI=1S/C19H23N3O3/c1-14-8-10-16(11-9-14)25-13-12-21-17(15-6-4-3-5-7-15)18(23)22-19(24)20-2/h3-11,17,21H,12-13H2,1-2H3,(H2,20,22,23,24)/t17-/m1/s1. The fourth-order valence-corrected chi connectivity index (χ4v) is 2.26. The van der Waals surface area contributed by atoms with Crippen molar-refractivity contribution in [2.45, 2.75) is 13.0 Å². The molecule has 132 valence electrons. The van der Waals surface area contributed by atoms with E-state index in [-0.39, 0.29) is 0 Å². The molecule has 3 N–H and O–H groups in total. The minimum absolute atomic E-state index is 0.402. The van der Waals surface area contributed by atoms with Gasteiger partial charge in [-0.1, -0.05) is 48.0 Å². The van der Waals surface area contributed by atoms with Crippen molar-refractivity contribution >= 4 is 11.9 Å². The van der Waals surface area contributed by atoms with Crippen molar-refractivity contribution in [3.63, 3.8) is 0 Å². The van der Waals surface area contributed by atoms with Gasteiger partial charge in [0.15, 0.2) is 0 Å². The van der Waals surface area contributed by atoms with E-state index in [0.717, 1.165) is 11.3 Å². The van der Waals surface area contributed by atoms with E-state index in [0.29, 0.717) is 13.2 Å². The van der Waals surface area contributed by atoms with Crippen molar-refractivity contribution in [3.05, 3.63) is 65.7 Å². The molecule has 0 fully saturated rings. The zero-order valence-electron chi connectivity index (χ0n) is 14.4. The summed E-state index contributed by atoms with van der Waals surface area (Å²) in [5.41, 5.74) is 1.94. The van der Waals surface area contributed by atoms with Gasteiger partial charge in [-0.15, -0.1) is 0 Å². The smallest absolute Gasteiger partial charge is 0.321 e. The van der Waals surface area contributed by atoms with Crippen LogP contribution in [0.25, 0.3) is 0 Å². The largest absolute Gasteiger partial charge is 0.492 e. The Morgan fingerprint density at radius 1 is 1.04 bits per heavy atom. The van der Waals surface area contributed by atoms with E-state index in [9.17, 15) is 9.59 Å². The van der Waals surface area contributed by atoms with Gasteiger partial charge in [-0.2, -0.15) is 0 Å². The molecule has 2 aromatic carbocycles. The summed E-state index contributed by atoms with van der Waals surface area (Å²) in [6.07, 6.45) is 0. The zero-order chi connectivity index (χ0) is 18.1. The number of rotatable bonds is 7. The number of carbonyl (C=O) groups excluding carboxylic acids is 2. The average molecular weight is 341 g/mol. The molecule has 0 bridgehead atoms. The Kier molecular flexibility index (Phi) is 6.98. The van der Waals surface area contributed by atoms with Crippen molar-refractivity contribution in [2.75, 3.05) is 20.2 Å². The molecule has 3 amide bonds. The van der Waals surface area contributed by atoms with Gasteiger partial charge in [0.25, 0.3) is 0 Å². The highest BCUT2D eigenvalue weighted by molar-refractivity contribution is 5.97. The highest BCUT2D eigenvalue weighted by atomic mass is 16.5. The number of nitrogens with one attached hydrogen (secondary N) is 3. The maximum atomic E-state index is 12.3. The molecular weight excluding hydrogens is 318 g/mol. The predicted molar refractivity (Wildman–Crippen MR) is 96.5 cm³/mol. The number of ether oxygens (including phenoxy) is 1. The number of aryl methyl sites for hydroxylation is 1. The van der Waals surface area contributed by atoms with E-state index in [1.54, 1.807) is 0 Å². The van der Waals surface area contributed by atoms with Crippen molar-refractivity contribution in [1.82, 2.24) is 16.0 Å². The Balaban J connectivity index is 1.92. The molecule has 0 aliphatic rings. The van der Waals surface area contributed by atoms with Gasteiger partial charge in [-0.25, -0.2) is 4.79 Å². The lowest BCUT2D eigenvalue weighted by Gasteiger charge is -2.18. The van der Waals surface area contributed by atoms with E-state index in [1.165, 1.54) is 12.6 Å². The first kappa shape index (κ1) is 18.5. The van der Waals surface area contributed by atoms with E-state index in [2.05, 4.69) is 16.0 Å². The Morgan fingerprint density at radius 2 is 1.72 bits per heavy atom. The molecule has 0 saturated heterocycles. The van der Waals surface area contributed by atoms with Crippen molar-refractivity contribution in [2.24, 2.45) is 0 Å². The summed E-state index contributed by atoms with van der Waals surface area (Å²) in [5, 5.41) is 7.80. The SMILES string of the molecule is CNC(=O)NC(=O)[C@H](NCCOc1ccc(C)cc1)c1ccccc1. The van der Waals surface area contributed by atoms with Crippen LogP contribution in [0.1, 0.15) is 17.2 Å². The van der Waals surface area contributed by atoms with Crippen LogP contribution < -0.4 is 20.7 Å². The van der Waals surface area contributed by atoms with Gasteiger partial charge in [0.2, 0.25) is 5.91 Å². The van der Waals surface area contributed by atoms with Crippen LogP contribution >= 0.6 is 0 Å². The third kappa shape index (κ3) is 5.93. The minimum atomic E-state index is -0.639. The lowest BCUT2D eigenvalue weighted by atomic mass is 10.1. The second-order valence-corrected chi connectivity index (χ2v) is 5.53. The molecule has 0 aromatic heterocycles. The molecule has 6 heteroatoms. The normalized spacial score (nSPS) is 11.4. The summed E-state index contributed by atoms with van der Waals surface area (Å²) in [4.78, 5) is 23.7. The second kappa shape index (κ2) is 9.44. The quantitative estimate of drug-likeness (QED) is 0.674. The Bertz CT molecular complexity index is 687. The lowest BCUT2D eigenvalue weighted by Crippen LogP contribution is -2.44. The molecule has 0 aliphatic carbocycles. The fraction of sp³-hybridized carbons (Fsp3) is 0.263. The fourth-order valence-electron chi connectivity index (χ4n) is 2.26. The number of imide groups is 1. The molecule has 25 heavy (non-hydrogen) atoms. The van der Waals surface area contributed by atoms with Crippen LogP contribution in [-0.2, 0) is 4.79 Å². The number of amides is 3. The number of carbonyl (C=O) groups is 2. The number of hydrogen-bond acceptors (Lipinski definition) is 4. The molecule has 6 nitrogen and oxygen atoms in total. The molecule has 0 spiro atoms. The summed E-state index contributed by atoms with van der Waals surface area (Å²) in [6, 6.07) is 15.8. The van der Waals surface area contributed by atoms with Gasteiger partial charge in [0.05, 0.1) is 0 Å². The van der Waals surface area contributed by atoms with Gasteiger partial charge in [-0.05, 0) is 24.6 Å². The van der Waals surface area contributed by atoms with Gasteiger partial charge >= 0.3 is 6.03 Å². The van der Waals surface area contributed by atoms with E-state index < -0.39 is 18.0 Å². The van der Waals surface area contributed by atoms with Crippen LogP contribution in [-0.4, -0.2) is 32.1 Å². The number of hydrogen-bond donors (Lipinski definition) is 3. The van der Waals surface area contributed by atoms with Gasteiger partial charge in [0.1, 0.15) is 18.4 Å². The third-order valence-electron chi connectivity index (χ3n) is 3.60. The molecule has 0 unspecified atom stereocenters. The first-order chi connectivity index (χ1) is 12.1. The molecule has 2 rings (SSSR count). The van der Waals surface area contributed by atoms with Gasteiger partial charge in [0, 0.05) is 13.6 Å². The van der Waals surface area contributed by atoms with Crippen LogP contribution in [0.2, 0.25) is 0 Å². The molecule has 0 heterocycles. The molecular formula is C19H23N3O3. The second-order valence-electron chi connectivity index (χ2n) is 5.53. The minimum Gasteiger partial charge on any atom is -0.492 e. The van der Waals surface area contributed by atoms with Crippen molar-refractivity contribution in [1.29, 1.82) is 0 Å². The maximum absolute atomic E-state index is 12.3. The Hall–Kier alpha value is -2.86. The van der Waals surface area contributed by atoms with Crippen LogP contribution in [0.5, 0.6) is 5.75 Å². The summed E-state index contributed by atoms with van der Waals surface area (Å²) in [5.74, 6) is 0.361. The first-order valence-corrected chi connectivity index (χ1v) is 8.10. The molecule has 0 aliphatic heterocycles. The van der Waals surface area contributed by atoms with Crippen molar-refractivity contribution < 1.29 is 14.3 Å². The molecule has 0 saturated carbocycles. The maximum Gasteiger partial charge on any atom is 0.321 e. The first-order valence-electron chi connectivity index (χ1n) is 8.10. The summed E-state index contributed by atoms with van der Waals surface area (Å²) < 4.78 is 5.66. The summed E-state index contributed by atoms with van der Waals surface area (Å²) in [6.45, 7) is 2.87. The van der Waals surface area contributed by atoms with Crippen LogP contribution in [0.15, 0.2) is 54.6 Å². The van der Waals surface area contributed by atoms with E-state index in [1.807, 2.05) is 61.5 Å². The highest BCUT2D eigenvalue weighted by Gasteiger charge is 2.21. The number of urea groups is 1. The monoisotopic (exact) mass is 341 g/mol. The van der Waals surface area contributed by atoms with Gasteiger partial charge in [-0.3, -0.25) is 15.4 Å². The van der Waals surface area contributed by atoms with Crippen LogP contribution in [0.3, 0.4) is 0 Å². The average Bonchev–Trinajstić information content (AvgIpc) is 2.63.